The van der Waals surface area contributed by atoms with Crippen LogP contribution in [0.15, 0.2) is 41.7 Å². The average Bonchev–Trinajstić information content (AvgIpc) is 2.45. The topological polar surface area (TPSA) is 47.0 Å². The molecule has 0 amide bonds. The van der Waals surface area contributed by atoms with E-state index in [9.17, 15) is 0 Å². The summed E-state index contributed by atoms with van der Waals surface area (Å²) in [5.74, 6) is 1.70. The van der Waals surface area contributed by atoms with Crippen molar-refractivity contribution in [1.82, 2.24) is 9.97 Å². The Kier molecular flexibility index (Phi) is 4.41. The number of thioether (sulfide) groups is 1. The fourth-order valence-corrected chi connectivity index (χ4v) is 1.96. The first kappa shape index (κ1) is 12.7. The zero-order valence-corrected chi connectivity index (χ0v) is 11.2. The van der Waals surface area contributed by atoms with Crippen LogP contribution >= 0.6 is 11.8 Å². The summed E-state index contributed by atoms with van der Waals surface area (Å²) in [6.45, 7) is 0.675. The van der Waals surface area contributed by atoms with Gasteiger partial charge in [0.25, 0.3) is 0 Å². The van der Waals surface area contributed by atoms with Crippen molar-refractivity contribution in [2.75, 3.05) is 18.7 Å². The maximum absolute atomic E-state index is 5.30. The second-order valence-electron chi connectivity index (χ2n) is 3.61. The zero-order valence-electron chi connectivity index (χ0n) is 10.4. The van der Waals surface area contributed by atoms with E-state index in [-0.39, 0.29) is 0 Å². The lowest BCUT2D eigenvalue weighted by Crippen LogP contribution is -2.03. The van der Waals surface area contributed by atoms with Crippen molar-refractivity contribution in [3.8, 4) is 5.75 Å². The predicted octanol–water partition coefficient (Wildman–Crippen LogP) is 2.82. The molecule has 2 aromatic rings. The van der Waals surface area contributed by atoms with Gasteiger partial charge < -0.3 is 10.1 Å². The highest BCUT2D eigenvalue weighted by Gasteiger charge is 2.02. The van der Waals surface area contributed by atoms with Crippen molar-refractivity contribution in [1.29, 1.82) is 0 Å². The van der Waals surface area contributed by atoms with E-state index in [2.05, 4.69) is 15.3 Å². The summed E-state index contributed by atoms with van der Waals surface area (Å²) in [6, 6.07) is 9.86. The number of hydrogen-bond acceptors (Lipinski definition) is 5. The van der Waals surface area contributed by atoms with Gasteiger partial charge in [0.05, 0.1) is 7.11 Å². The van der Waals surface area contributed by atoms with Gasteiger partial charge in [0.2, 0.25) is 0 Å². The first-order valence-corrected chi connectivity index (χ1v) is 6.77. The molecule has 0 saturated heterocycles. The number of anilines is 1. The van der Waals surface area contributed by atoms with Crippen LogP contribution < -0.4 is 10.1 Å². The first-order chi connectivity index (χ1) is 8.83. The van der Waals surface area contributed by atoms with E-state index in [1.807, 2.05) is 36.6 Å². The Morgan fingerprint density at radius 1 is 1.28 bits per heavy atom. The summed E-state index contributed by atoms with van der Waals surface area (Å²) in [5, 5.41) is 4.22. The molecule has 18 heavy (non-hydrogen) atoms. The number of para-hydroxylation sites is 1. The predicted molar refractivity (Wildman–Crippen MR) is 74.1 cm³/mol. The number of nitrogens with one attached hydrogen (secondary N) is 1. The Morgan fingerprint density at radius 2 is 2.11 bits per heavy atom. The molecule has 1 aromatic heterocycles. The van der Waals surface area contributed by atoms with Gasteiger partial charge in [-0.15, -0.1) is 11.8 Å². The highest BCUT2D eigenvalue weighted by molar-refractivity contribution is 7.98. The Labute approximate surface area is 111 Å². The van der Waals surface area contributed by atoms with Crippen LogP contribution in [-0.2, 0) is 6.54 Å². The highest BCUT2D eigenvalue weighted by atomic mass is 32.2. The molecule has 0 aliphatic carbocycles. The maximum atomic E-state index is 5.30. The molecule has 0 atom stereocenters. The number of nitrogens with zero attached hydrogens (tertiary/aromatic N) is 2. The molecular weight excluding hydrogens is 246 g/mol. The molecule has 1 N–H and O–H groups in total. The summed E-state index contributed by atoms with van der Waals surface area (Å²) in [6.07, 6.45) is 3.56. The Bertz CT molecular complexity index is 519. The van der Waals surface area contributed by atoms with Crippen molar-refractivity contribution in [2.24, 2.45) is 0 Å². The summed E-state index contributed by atoms with van der Waals surface area (Å²) in [5.41, 5.74) is 1.10. The fourth-order valence-electron chi connectivity index (χ4n) is 1.58. The minimum atomic E-state index is 0.675. The number of benzene rings is 1. The van der Waals surface area contributed by atoms with Gasteiger partial charge >= 0.3 is 0 Å². The van der Waals surface area contributed by atoms with E-state index < -0.39 is 0 Å². The van der Waals surface area contributed by atoms with E-state index in [0.717, 1.165) is 22.2 Å². The Morgan fingerprint density at radius 3 is 2.89 bits per heavy atom. The summed E-state index contributed by atoms with van der Waals surface area (Å²) < 4.78 is 5.30. The molecule has 0 aliphatic heterocycles. The van der Waals surface area contributed by atoms with Crippen molar-refractivity contribution in [2.45, 2.75) is 11.6 Å². The van der Waals surface area contributed by atoms with Gasteiger partial charge in [-0.25, -0.2) is 9.97 Å². The third-order valence-electron chi connectivity index (χ3n) is 2.50. The second-order valence-corrected chi connectivity index (χ2v) is 4.44. The molecule has 0 saturated carbocycles. The summed E-state index contributed by atoms with van der Waals surface area (Å²) in [4.78, 5) is 8.32. The molecule has 1 aromatic carbocycles. The van der Waals surface area contributed by atoms with Gasteiger partial charge in [0.1, 0.15) is 22.9 Å². The summed E-state index contributed by atoms with van der Waals surface area (Å²) in [7, 11) is 1.68. The second kappa shape index (κ2) is 6.26. The minimum absolute atomic E-state index is 0.675. The Hall–Kier alpha value is -1.75. The van der Waals surface area contributed by atoms with Crippen LogP contribution in [0.3, 0.4) is 0 Å². The maximum Gasteiger partial charge on any atom is 0.130 e. The highest BCUT2D eigenvalue weighted by Crippen LogP contribution is 2.19. The third-order valence-corrected chi connectivity index (χ3v) is 3.15. The lowest BCUT2D eigenvalue weighted by Gasteiger charge is -2.09. The normalized spacial score (nSPS) is 10.1. The van der Waals surface area contributed by atoms with Crippen molar-refractivity contribution >= 4 is 17.6 Å². The van der Waals surface area contributed by atoms with Crippen LogP contribution in [-0.4, -0.2) is 23.3 Å². The molecule has 0 fully saturated rings. The molecule has 1 heterocycles. The molecule has 0 aliphatic rings. The van der Waals surface area contributed by atoms with E-state index in [1.165, 1.54) is 0 Å². The van der Waals surface area contributed by atoms with Gasteiger partial charge in [-0.2, -0.15) is 0 Å². The largest absolute Gasteiger partial charge is 0.496 e. The lowest BCUT2D eigenvalue weighted by molar-refractivity contribution is 0.410. The van der Waals surface area contributed by atoms with Gasteiger partial charge in [-0.1, -0.05) is 18.2 Å². The van der Waals surface area contributed by atoms with Gasteiger partial charge in [-0.05, 0) is 12.3 Å². The van der Waals surface area contributed by atoms with Crippen molar-refractivity contribution in [3.05, 3.63) is 42.2 Å². The van der Waals surface area contributed by atoms with Crippen molar-refractivity contribution in [3.63, 3.8) is 0 Å². The van der Waals surface area contributed by atoms with Gasteiger partial charge in [-0.3, -0.25) is 0 Å². The molecule has 0 radical (unpaired) electrons. The van der Waals surface area contributed by atoms with Crippen LogP contribution in [0.2, 0.25) is 0 Å². The Balaban J connectivity index is 2.06. The third kappa shape index (κ3) is 3.13. The summed E-state index contributed by atoms with van der Waals surface area (Å²) >= 11 is 1.60. The number of rotatable bonds is 5. The SMILES string of the molecule is COc1ccccc1CNc1cc(SC)ncn1. The lowest BCUT2D eigenvalue weighted by atomic mass is 10.2. The van der Waals surface area contributed by atoms with Gasteiger partial charge in [0, 0.05) is 18.2 Å². The van der Waals surface area contributed by atoms with E-state index in [1.54, 1.807) is 25.2 Å². The van der Waals surface area contributed by atoms with Crippen LogP contribution in [0.4, 0.5) is 5.82 Å². The van der Waals surface area contributed by atoms with E-state index in [4.69, 9.17) is 4.74 Å². The molecule has 0 unspecified atom stereocenters. The number of methoxy groups -OCH3 is 1. The average molecular weight is 261 g/mol. The number of ether oxygens (including phenoxy) is 1. The monoisotopic (exact) mass is 261 g/mol. The van der Waals surface area contributed by atoms with Crippen LogP contribution in [0.25, 0.3) is 0 Å². The fraction of sp³-hybridized carbons (Fsp3) is 0.231. The smallest absolute Gasteiger partial charge is 0.130 e. The van der Waals surface area contributed by atoms with Crippen LogP contribution in [0.5, 0.6) is 5.75 Å². The van der Waals surface area contributed by atoms with E-state index in [0.29, 0.717) is 6.54 Å². The number of hydrogen-bond donors (Lipinski definition) is 1. The molecule has 0 spiro atoms. The molecule has 94 valence electrons. The molecule has 4 nitrogen and oxygen atoms in total. The quantitative estimate of drug-likeness (QED) is 0.662. The molecule has 5 heteroatoms. The number of aromatic nitrogens is 2. The zero-order chi connectivity index (χ0) is 12.8. The molecular formula is C13H15N3OS. The van der Waals surface area contributed by atoms with Crippen LogP contribution in [0.1, 0.15) is 5.56 Å². The van der Waals surface area contributed by atoms with Crippen LogP contribution in [0, 0.1) is 0 Å². The molecule has 2 rings (SSSR count). The van der Waals surface area contributed by atoms with Gasteiger partial charge in [0.15, 0.2) is 0 Å². The van der Waals surface area contributed by atoms with Crippen molar-refractivity contribution < 1.29 is 4.74 Å². The first-order valence-electron chi connectivity index (χ1n) is 5.55. The molecule has 0 bridgehead atoms. The standard InChI is InChI=1S/C13H15N3OS/c1-17-11-6-4-3-5-10(11)8-14-12-7-13(18-2)16-9-15-12/h3-7,9H,8H2,1-2H3,(H,14,15,16). The van der Waals surface area contributed by atoms with E-state index >= 15 is 0 Å². The minimum Gasteiger partial charge on any atom is -0.496 e.